The average molecular weight is 274 g/mol. The number of rotatable bonds is 2. The standard InChI is InChI=1S/C15H18N2O3/c1-16-14(18)13-11-4-2-3-5-12(11)15(19)17(13)10-6-8-20-9-7-10/h2-5,10,13H,6-9H2,1H3,(H,16,18). The Hall–Kier alpha value is -1.88. The Balaban J connectivity index is 2.00. The molecule has 1 saturated heterocycles. The fourth-order valence-corrected chi connectivity index (χ4v) is 3.08. The van der Waals surface area contributed by atoms with E-state index in [1.54, 1.807) is 18.0 Å². The molecule has 1 aromatic carbocycles. The molecule has 1 fully saturated rings. The zero-order valence-electron chi connectivity index (χ0n) is 11.5. The van der Waals surface area contributed by atoms with Gasteiger partial charge in [-0.15, -0.1) is 0 Å². The molecular weight excluding hydrogens is 256 g/mol. The molecule has 0 aliphatic carbocycles. The zero-order valence-corrected chi connectivity index (χ0v) is 11.5. The van der Waals surface area contributed by atoms with E-state index in [1.165, 1.54) is 0 Å². The maximum Gasteiger partial charge on any atom is 0.255 e. The number of fused-ring (bicyclic) bond motifs is 1. The summed E-state index contributed by atoms with van der Waals surface area (Å²) in [6, 6.07) is 6.94. The third kappa shape index (κ3) is 1.98. The molecule has 106 valence electrons. The van der Waals surface area contributed by atoms with Crippen molar-refractivity contribution in [1.82, 2.24) is 10.2 Å². The lowest BCUT2D eigenvalue weighted by Crippen LogP contribution is -2.46. The molecule has 2 amide bonds. The molecule has 3 rings (SSSR count). The first-order valence-electron chi connectivity index (χ1n) is 6.95. The number of carbonyl (C=O) groups excluding carboxylic acids is 2. The number of hydrogen-bond donors (Lipinski definition) is 1. The van der Waals surface area contributed by atoms with Crippen molar-refractivity contribution < 1.29 is 14.3 Å². The van der Waals surface area contributed by atoms with Crippen LogP contribution in [0.1, 0.15) is 34.8 Å². The lowest BCUT2D eigenvalue weighted by molar-refractivity contribution is -0.126. The molecule has 0 spiro atoms. The summed E-state index contributed by atoms with van der Waals surface area (Å²) in [7, 11) is 1.61. The zero-order chi connectivity index (χ0) is 14.1. The van der Waals surface area contributed by atoms with Crippen LogP contribution < -0.4 is 5.32 Å². The van der Waals surface area contributed by atoms with Crippen molar-refractivity contribution in [1.29, 1.82) is 0 Å². The van der Waals surface area contributed by atoms with E-state index in [-0.39, 0.29) is 17.9 Å². The first-order valence-corrected chi connectivity index (χ1v) is 6.95. The number of nitrogens with zero attached hydrogens (tertiary/aromatic N) is 1. The summed E-state index contributed by atoms with van der Waals surface area (Å²) in [5, 5.41) is 2.67. The summed E-state index contributed by atoms with van der Waals surface area (Å²) in [6.07, 6.45) is 1.57. The van der Waals surface area contributed by atoms with Crippen molar-refractivity contribution in [3.05, 3.63) is 35.4 Å². The van der Waals surface area contributed by atoms with E-state index in [1.807, 2.05) is 18.2 Å². The summed E-state index contributed by atoms with van der Waals surface area (Å²) >= 11 is 0. The van der Waals surface area contributed by atoms with E-state index in [0.717, 1.165) is 18.4 Å². The van der Waals surface area contributed by atoms with E-state index in [9.17, 15) is 9.59 Å². The monoisotopic (exact) mass is 274 g/mol. The number of likely N-dealkylation sites (N-methyl/N-ethyl adjacent to an activating group) is 1. The summed E-state index contributed by atoms with van der Waals surface area (Å²) < 4.78 is 5.36. The molecule has 2 aliphatic rings. The molecule has 0 aromatic heterocycles. The highest BCUT2D eigenvalue weighted by molar-refractivity contribution is 6.04. The molecule has 5 heteroatoms. The van der Waals surface area contributed by atoms with Crippen LogP contribution in [0.2, 0.25) is 0 Å². The van der Waals surface area contributed by atoms with Gasteiger partial charge in [-0.3, -0.25) is 9.59 Å². The number of benzene rings is 1. The molecule has 0 radical (unpaired) electrons. The van der Waals surface area contributed by atoms with Crippen LogP contribution in [-0.2, 0) is 9.53 Å². The van der Waals surface area contributed by atoms with Crippen molar-refractivity contribution in [2.75, 3.05) is 20.3 Å². The molecule has 1 aromatic rings. The predicted molar refractivity (Wildman–Crippen MR) is 73.3 cm³/mol. The van der Waals surface area contributed by atoms with Gasteiger partial charge in [0.2, 0.25) is 5.91 Å². The maximum atomic E-state index is 12.6. The van der Waals surface area contributed by atoms with Crippen LogP contribution in [0.15, 0.2) is 24.3 Å². The van der Waals surface area contributed by atoms with Gasteiger partial charge in [-0.1, -0.05) is 18.2 Å². The Labute approximate surface area is 117 Å². The third-order valence-corrected chi connectivity index (χ3v) is 4.08. The van der Waals surface area contributed by atoms with Crippen LogP contribution in [0.3, 0.4) is 0 Å². The lowest BCUT2D eigenvalue weighted by Gasteiger charge is -2.34. The maximum absolute atomic E-state index is 12.6. The highest BCUT2D eigenvalue weighted by atomic mass is 16.5. The number of ether oxygens (including phenoxy) is 1. The fourth-order valence-electron chi connectivity index (χ4n) is 3.08. The minimum Gasteiger partial charge on any atom is -0.381 e. The van der Waals surface area contributed by atoms with Crippen LogP contribution in [0.4, 0.5) is 0 Å². The molecule has 1 unspecified atom stereocenters. The van der Waals surface area contributed by atoms with Crippen LogP contribution in [0.5, 0.6) is 0 Å². The molecule has 2 aliphatic heterocycles. The van der Waals surface area contributed by atoms with Gasteiger partial charge in [0.05, 0.1) is 0 Å². The van der Waals surface area contributed by atoms with Crippen LogP contribution in [0.25, 0.3) is 0 Å². The second-order valence-electron chi connectivity index (χ2n) is 5.16. The summed E-state index contributed by atoms with van der Waals surface area (Å²) in [5.74, 6) is -0.170. The third-order valence-electron chi connectivity index (χ3n) is 4.08. The van der Waals surface area contributed by atoms with Crippen molar-refractivity contribution in [2.24, 2.45) is 0 Å². The second kappa shape index (κ2) is 5.25. The van der Waals surface area contributed by atoms with Gasteiger partial charge in [0.15, 0.2) is 0 Å². The summed E-state index contributed by atoms with van der Waals surface area (Å²) in [5.41, 5.74) is 1.45. The number of carbonyl (C=O) groups is 2. The molecular formula is C15H18N2O3. The first kappa shape index (κ1) is 13.1. The Kier molecular flexibility index (Phi) is 3.44. The molecule has 0 saturated carbocycles. The van der Waals surface area contributed by atoms with Crippen LogP contribution in [-0.4, -0.2) is 43.0 Å². The summed E-state index contributed by atoms with van der Waals surface area (Å²) in [4.78, 5) is 26.6. The van der Waals surface area contributed by atoms with Gasteiger partial charge in [-0.05, 0) is 24.5 Å². The summed E-state index contributed by atoms with van der Waals surface area (Å²) in [6.45, 7) is 1.29. The first-order chi connectivity index (χ1) is 9.74. The van der Waals surface area contributed by atoms with Crippen LogP contribution >= 0.6 is 0 Å². The largest absolute Gasteiger partial charge is 0.381 e. The molecule has 1 N–H and O–H groups in total. The Morgan fingerprint density at radius 2 is 2.00 bits per heavy atom. The molecule has 5 nitrogen and oxygen atoms in total. The van der Waals surface area contributed by atoms with E-state index in [0.29, 0.717) is 18.8 Å². The minimum absolute atomic E-state index is 0.0406. The quantitative estimate of drug-likeness (QED) is 0.879. The number of nitrogens with one attached hydrogen (secondary N) is 1. The van der Waals surface area contributed by atoms with Gasteiger partial charge in [0, 0.05) is 31.9 Å². The Morgan fingerprint density at radius 3 is 2.70 bits per heavy atom. The number of amides is 2. The molecule has 2 heterocycles. The van der Waals surface area contributed by atoms with Crippen molar-refractivity contribution in [3.63, 3.8) is 0 Å². The van der Waals surface area contributed by atoms with Crippen molar-refractivity contribution in [3.8, 4) is 0 Å². The lowest BCUT2D eigenvalue weighted by atomic mass is 10.0. The van der Waals surface area contributed by atoms with Crippen LogP contribution in [0, 0.1) is 0 Å². The van der Waals surface area contributed by atoms with Gasteiger partial charge < -0.3 is 15.0 Å². The van der Waals surface area contributed by atoms with Gasteiger partial charge in [-0.25, -0.2) is 0 Å². The van der Waals surface area contributed by atoms with Gasteiger partial charge in [0.25, 0.3) is 5.91 Å². The highest BCUT2D eigenvalue weighted by Gasteiger charge is 2.44. The van der Waals surface area contributed by atoms with Gasteiger partial charge >= 0.3 is 0 Å². The Morgan fingerprint density at radius 1 is 1.30 bits per heavy atom. The van der Waals surface area contributed by atoms with Gasteiger partial charge in [0.1, 0.15) is 6.04 Å². The minimum atomic E-state index is -0.508. The van der Waals surface area contributed by atoms with E-state index >= 15 is 0 Å². The normalized spacial score (nSPS) is 22.8. The SMILES string of the molecule is CNC(=O)C1c2ccccc2C(=O)N1C1CCOCC1. The second-order valence-corrected chi connectivity index (χ2v) is 5.16. The predicted octanol–water partition coefficient (Wildman–Crippen LogP) is 1.11. The van der Waals surface area contributed by atoms with E-state index in [4.69, 9.17) is 4.74 Å². The van der Waals surface area contributed by atoms with Gasteiger partial charge in [-0.2, -0.15) is 0 Å². The molecule has 20 heavy (non-hydrogen) atoms. The molecule has 0 bridgehead atoms. The fraction of sp³-hybridized carbons (Fsp3) is 0.467. The van der Waals surface area contributed by atoms with Crippen molar-refractivity contribution >= 4 is 11.8 Å². The van der Waals surface area contributed by atoms with E-state index in [2.05, 4.69) is 5.32 Å². The van der Waals surface area contributed by atoms with Crippen molar-refractivity contribution in [2.45, 2.75) is 24.9 Å². The topological polar surface area (TPSA) is 58.6 Å². The average Bonchev–Trinajstić information content (AvgIpc) is 2.81. The Bertz CT molecular complexity index is 538. The number of hydrogen-bond acceptors (Lipinski definition) is 3. The van der Waals surface area contributed by atoms with E-state index < -0.39 is 6.04 Å². The molecule has 1 atom stereocenters. The highest BCUT2D eigenvalue weighted by Crippen LogP contribution is 2.37. The smallest absolute Gasteiger partial charge is 0.255 e.